The second kappa shape index (κ2) is 7.25. The smallest absolute Gasteiger partial charge is 0.253 e. The number of carbonyl (C=O) groups is 1. The average molecular weight is 265 g/mol. The summed E-state index contributed by atoms with van der Waals surface area (Å²) in [6.07, 6.45) is 0.340. The van der Waals surface area contributed by atoms with Gasteiger partial charge in [-0.05, 0) is 31.2 Å². The third-order valence-corrected chi connectivity index (χ3v) is 2.77. The molecule has 1 aromatic carbocycles. The van der Waals surface area contributed by atoms with E-state index in [2.05, 4.69) is 5.16 Å². The molecule has 3 N–H and O–H groups in total. The van der Waals surface area contributed by atoms with Crippen LogP contribution in [0.4, 0.5) is 0 Å². The SMILES string of the molecule is CCN(CCC(N)=NO)C(=O)c1ccc(OC)cc1. The zero-order chi connectivity index (χ0) is 14.3. The lowest BCUT2D eigenvalue weighted by Crippen LogP contribution is -2.33. The van der Waals surface area contributed by atoms with Gasteiger partial charge in [0.2, 0.25) is 0 Å². The minimum absolute atomic E-state index is 0.0871. The molecule has 0 radical (unpaired) electrons. The van der Waals surface area contributed by atoms with E-state index in [1.165, 1.54) is 0 Å². The number of carbonyl (C=O) groups excluding carboxylic acids is 1. The highest BCUT2D eigenvalue weighted by Gasteiger charge is 2.14. The topological polar surface area (TPSA) is 88.1 Å². The van der Waals surface area contributed by atoms with Gasteiger partial charge in [-0.2, -0.15) is 0 Å². The van der Waals surface area contributed by atoms with Crippen molar-refractivity contribution in [2.75, 3.05) is 20.2 Å². The molecule has 0 saturated carbocycles. The molecule has 0 unspecified atom stereocenters. The fourth-order valence-corrected chi connectivity index (χ4v) is 1.62. The van der Waals surface area contributed by atoms with Gasteiger partial charge in [0.1, 0.15) is 11.6 Å². The van der Waals surface area contributed by atoms with E-state index in [1.54, 1.807) is 36.3 Å². The summed E-state index contributed by atoms with van der Waals surface area (Å²) in [6.45, 7) is 2.86. The van der Waals surface area contributed by atoms with E-state index in [0.29, 0.717) is 30.8 Å². The van der Waals surface area contributed by atoms with Gasteiger partial charge in [-0.3, -0.25) is 4.79 Å². The summed E-state index contributed by atoms with van der Waals surface area (Å²) in [6, 6.07) is 6.91. The molecule has 0 spiro atoms. The first-order chi connectivity index (χ1) is 9.12. The van der Waals surface area contributed by atoms with Crippen molar-refractivity contribution in [2.45, 2.75) is 13.3 Å². The number of benzene rings is 1. The lowest BCUT2D eigenvalue weighted by molar-refractivity contribution is 0.0768. The number of rotatable bonds is 6. The molecule has 1 amide bonds. The van der Waals surface area contributed by atoms with Crippen LogP contribution < -0.4 is 10.5 Å². The average Bonchev–Trinajstić information content (AvgIpc) is 2.47. The van der Waals surface area contributed by atoms with Crippen LogP contribution in [0.3, 0.4) is 0 Å². The molecule has 0 atom stereocenters. The monoisotopic (exact) mass is 265 g/mol. The zero-order valence-electron chi connectivity index (χ0n) is 11.2. The third-order valence-electron chi connectivity index (χ3n) is 2.77. The Morgan fingerprint density at radius 3 is 2.53 bits per heavy atom. The predicted molar refractivity (Wildman–Crippen MR) is 72.6 cm³/mol. The van der Waals surface area contributed by atoms with E-state index in [4.69, 9.17) is 15.7 Å². The van der Waals surface area contributed by atoms with E-state index in [1.807, 2.05) is 6.92 Å². The first-order valence-electron chi connectivity index (χ1n) is 6.02. The molecule has 6 nitrogen and oxygen atoms in total. The standard InChI is InChI=1S/C13H19N3O3/c1-3-16(9-8-12(14)15-18)13(17)10-4-6-11(19-2)7-5-10/h4-7,18H,3,8-9H2,1-2H3,(H2,14,15). The van der Waals surface area contributed by atoms with Crippen LogP contribution in [0.15, 0.2) is 29.4 Å². The molecule has 0 bridgehead atoms. The first-order valence-corrected chi connectivity index (χ1v) is 6.02. The number of nitrogens with zero attached hydrogens (tertiary/aromatic N) is 2. The minimum Gasteiger partial charge on any atom is -0.497 e. The molecule has 0 aliphatic carbocycles. The van der Waals surface area contributed by atoms with Crippen molar-refractivity contribution in [1.29, 1.82) is 0 Å². The van der Waals surface area contributed by atoms with Crippen molar-refractivity contribution in [3.63, 3.8) is 0 Å². The summed E-state index contributed by atoms with van der Waals surface area (Å²) in [5.74, 6) is 0.730. The molecular weight excluding hydrogens is 246 g/mol. The maximum atomic E-state index is 12.2. The number of oxime groups is 1. The van der Waals surface area contributed by atoms with Crippen molar-refractivity contribution >= 4 is 11.7 Å². The molecule has 0 aliphatic heterocycles. The highest BCUT2D eigenvalue weighted by molar-refractivity contribution is 5.94. The maximum Gasteiger partial charge on any atom is 0.253 e. The molecule has 19 heavy (non-hydrogen) atoms. The summed E-state index contributed by atoms with van der Waals surface area (Å²) < 4.78 is 5.04. The maximum absolute atomic E-state index is 12.2. The quantitative estimate of drug-likeness (QED) is 0.351. The Bertz CT molecular complexity index is 443. The minimum atomic E-state index is -0.0871. The van der Waals surface area contributed by atoms with E-state index >= 15 is 0 Å². The molecule has 1 aromatic rings. The molecule has 0 fully saturated rings. The number of ether oxygens (including phenoxy) is 1. The van der Waals surface area contributed by atoms with Gasteiger partial charge >= 0.3 is 0 Å². The highest BCUT2D eigenvalue weighted by Crippen LogP contribution is 2.13. The van der Waals surface area contributed by atoms with Crippen molar-refractivity contribution in [3.8, 4) is 5.75 Å². The van der Waals surface area contributed by atoms with Crippen molar-refractivity contribution in [3.05, 3.63) is 29.8 Å². The van der Waals surface area contributed by atoms with Gasteiger partial charge in [0, 0.05) is 25.1 Å². The summed E-state index contributed by atoms with van der Waals surface area (Å²) in [4.78, 5) is 13.9. The van der Waals surface area contributed by atoms with Crippen LogP contribution in [0, 0.1) is 0 Å². The van der Waals surface area contributed by atoms with Gasteiger partial charge in [0.05, 0.1) is 7.11 Å². The Morgan fingerprint density at radius 2 is 2.05 bits per heavy atom. The van der Waals surface area contributed by atoms with Crippen LogP contribution in [-0.2, 0) is 0 Å². The second-order valence-corrected chi connectivity index (χ2v) is 3.95. The number of amidine groups is 1. The van der Waals surface area contributed by atoms with Crippen LogP contribution in [0.2, 0.25) is 0 Å². The van der Waals surface area contributed by atoms with Gasteiger partial charge in [-0.1, -0.05) is 5.16 Å². The predicted octanol–water partition coefficient (Wildman–Crippen LogP) is 1.29. The molecule has 0 aromatic heterocycles. The van der Waals surface area contributed by atoms with Crippen LogP contribution >= 0.6 is 0 Å². The van der Waals surface area contributed by atoms with Crippen molar-refractivity contribution < 1.29 is 14.7 Å². The first kappa shape index (κ1) is 14.8. The van der Waals surface area contributed by atoms with E-state index in [9.17, 15) is 4.79 Å². The lowest BCUT2D eigenvalue weighted by Gasteiger charge is -2.20. The lowest BCUT2D eigenvalue weighted by atomic mass is 10.2. The Morgan fingerprint density at radius 1 is 1.42 bits per heavy atom. The van der Waals surface area contributed by atoms with Gasteiger partial charge in [0.25, 0.3) is 5.91 Å². The normalized spacial score (nSPS) is 11.2. The van der Waals surface area contributed by atoms with E-state index < -0.39 is 0 Å². The van der Waals surface area contributed by atoms with Gasteiger partial charge in [-0.15, -0.1) is 0 Å². The van der Waals surface area contributed by atoms with Gasteiger partial charge in [-0.25, -0.2) is 0 Å². The summed E-state index contributed by atoms with van der Waals surface area (Å²) in [5, 5.41) is 11.4. The molecule has 6 heteroatoms. The Balaban J connectivity index is 2.71. The zero-order valence-corrected chi connectivity index (χ0v) is 11.2. The fraction of sp³-hybridized carbons (Fsp3) is 0.385. The van der Waals surface area contributed by atoms with E-state index in [0.717, 1.165) is 0 Å². The van der Waals surface area contributed by atoms with Crippen molar-refractivity contribution in [2.24, 2.45) is 10.9 Å². The van der Waals surface area contributed by atoms with Gasteiger partial charge < -0.3 is 20.6 Å². The Labute approximate surface area is 112 Å². The summed E-state index contributed by atoms with van der Waals surface area (Å²) in [7, 11) is 1.58. The number of amides is 1. The Hall–Kier alpha value is -2.24. The summed E-state index contributed by atoms with van der Waals surface area (Å²) >= 11 is 0. The summed E-state index contributed by atoms with van der Waals surface area (Å²) in [5.41, 5.74) is 5.98. The fourth-order valence-electron chi connectivity index (χ4n) is 1.62. The van der Waals surface area contributed by atoms with Crippen molar-refractivity contribution in [1.82, 2.24) is 4.90 Å². The molecule has 0 heterocycles. The highest BCUT2D eigenvalue weighted by atomic mass is 16.5. The number of hydrogen-bond donors (Lipinski definition) is 2. The van der Waals surface area contributed by atoms with Crippen LogP contribution in [-0.4, -0.2) is 42.0 Å². The molecular formula is C13H19N3O3. The second-order valence-electron chi connectivity index (χ2n) is 3.95. The third kappa shape index (κ3) is 4.17. The Kier molecular flexibility index (Phi) is 5.66. The molecule has 0 saturated heterocycles. The van der Waals surface area contributed by atoms with Crippen LogP contribution in [0.5, 0.6) is 5.75 Å². The molecule has 0 aliphatic rings. The van der Waals surface area contributed by atoms with Gasteiger partial charge in [0.15, 0.2) is 0 Å². The number of nitrogens with two attached hydrogens (primary N) is 1. The van der Waals surface area contributed by atoms with E-state index in [-0.39, 0.29) is 11.7 Å². The molecule has 104 valence electrons. The van der Waals surface area contributed by atoms with Crippen LogP contribution in [0.1, 0.15) is 23.7 Å². The molecule has 1 rings (SSSR count). The number of hydrogen-bond acceptors (Lipinski definition) is 4. The van der Waals surface area contributed by atoms with Crippen LogP contribution in [0.25, 0.3) is 0 Å². The number of methoxy groups -OCH3 is 1. The largest absolute Gasteiger partial charge is 0.497 e.